The molecular weight excluding hydrogens is 462 g/mol. The molecule has 0 atom stereocenters. The number of nitrogens with one attached hydrogen (secondary N) is 3. The summed E-state index contributed by atoms with van der Waals surface area (Å²) < 4.78 is 5.91. The number of hydrogen-bond donors (Lipinski definition) is 3. The van der Waals surface area contributed by atoms with Crippen LogP contribution < -0.4 is 15.4 Å². The summed E-state index contributed by atoms with van der Waals surface area (Å²) in [5.74, 6) is 1.52. The fourth-order valence-electron chi connectivity index (χ4n) is 4.50. The molecular formula is C25H25N7O2S. The van der Waals surface area contributed by atoms with Crippen LogP contribution in [0.3, 0.4) is 0 Å². The van der Waals surface area contributed by atoms with Gasteiger partial charge in [0.05, 0.1) is 18.5 Å². The minimum Gasteiger partial charge on any atom is -0.492 e. The van der Waals surface area contributed by atoms with Gasteiger partial charge in [-0.05, 0) is 31.2 Å². The number of rotatable bonds is 6. The normalized spacial score (nSPS) is 14.8. The van der Waals surface area contributed by atoms with Gasteiger partial charge < -0.3 is 20.3 Å². The van der Waals surface area contributed by atoms with Crippen LogP contribution in [0.5, 0.6) is 5.75 Å². The molecule has 5 heterocycles. The molecule has 2 aliphatic heterocycles. The summed E-state index contributed by atoms with van der Waals surface area (Å²) >= 11 is 1.50. The van der Waals surface area contributed by atoms with Gasteiger partial charge in [0, 0.05) is 65.7 Å². The second-order valence-corrected chi connectivity index (χ2v) is 9.88. The molecule has 0 spiro atoms. The summed E-state index contributed by atoms with van der Waals surface area (Å²) in [6.45, 7) is 3.01. The third kappa shape index (κ3) is 4.38. The average molecular weight is 488 g/mol. The van der Waals surface area contributed by atoms with Gasteiger partial charge in [0.2, 0.25) is 0 Å². The molecule has 0 bridgehead atoms. The zero-order chi connectivity index (χ0) is 23.8. The number of amides is 1. The number of anilines is 2. The number of aromatic amines is 1. The van der Waals surface area contributed by atoms with Crippen LogP contribution >= 0.6 is 11.3 Å². The zero-order valence-corrected chi connectivity index (χ0v) is 20.1. The van der Waals surface area contributed by atoms with Gasteiger partial charge in [-0.3, -0.25) is 9.89 Å². The average Bonchev–Trinajstić information content (AvgIpc) is 3.63. The van der Waals surface area contributed by atoms with Crippen LogP contribution in [-0.2, 0) is 25.9 Å². The number of aromatic nitrogens is 4. The fraction of sp³-hybridized carbons (Fsp3) is 0.280. The molecule has 0 saturated carbocycles. The molecule has 0 aliphatic carbocycles. The van der Waals surface area contributed by atoms with Gasteiger partial charge in [0.1, 0.15) is 11.6 Å². The lowest BCUT2D eigenvalue weighted by Crippen LogP contribution is -2.25. The highest BCUT2D eigenvalue weighted by atomic mass is 32.1. The van der Waals surface area contributed by atoms with Gasteiger partial charge >= 0.3 is 0 Å². The van der Waals surface area contributed by atoms with Crippen molar-refractivity contribution in [2.24, 2.45) is 0 Å². The van der Waals surface area contributed by atoms with Crippen LogP contribution in [0.4, 0.5) is 11.5 Å². The molecule has 6 rings (SSSR count). The van der Waals surface area contributed by atoms with E-state index in [1.54, 1.807) is 6.20 Å². The Hall–Kier alpha value is -3.76. The Morgan fingerprint density at radius 3 is 3.11 bits per heavy atom. The molecule has 178 valence electrons. The van der Waals surface area contributed by atoms with Gasteiger partial charge in [-0.25, -0.2) is 9.97 Å². The number of nitrogens with zero attached hydrogens (tertiary/aromatic N) is 4. The first-order valence-electron chi connectivity index (χ1n) is 11.6. The van der Waals surface area contributed by atoms with Gasteiger partial charge in [-0.1, -0.05) is 12.1 Å². The second kappa shape index (κ2) is 9.12. The Morgan fingerprint density at radius 2 is 2.23 bits per heavy atom. The van der Waals surface area contributed by atoms with Crippen molar-refractivity contribution >= 4 is 28.7 Å². The van der Waals surface area contributed by atoms with E-state index in [2.05, 4.69) is 42.7 Å². The molecule has 1 aromatic carbocycles. The lowest BCUT2D eigenvalue weighted by molar-refractivity contribution is 0.102. The van der Waals surface area contributed by atoms with E-state index in [9.17, 15) is 4.79 Å². The quantitative estimate of drug-likeness (QED) is 0.380. The van der Waals surface area contributed by atoms with Crippen molar-refractivity contribution in [1.82, 2.24) is 25.1 Å². The van der Waals surface area contributed by atoms with Crippen molar-refractivity contribution in [3.05, 3.63) is 69.6 Å². The number of pyridine rings is 1. The Labute approximate surface area is 206 Å². The van der Waals surface area contributed by atoms with Crippen molar-refractivity contribution in [2.45, 2.75) is 25.9 Å². The number of thiazole rings is 1. The summed E-state index contributed by atoms with van der Waals surface area (Å²) in [5.41, 5.74) is 5.78. The SMILES string of the molecule is CN1CCc2sc(C(=O)Nc3cccc(CNc4ncc(-c5cn[nH]c5)c5c4CCO5)c3)nc2C1. The van der Waals surface area contributed by atoms with Crippen LogP contribution in [0.15, 0.2) is 42.9 Å². The van der Waals surface area contributed by atoms with E-state index in [0.717, 1.165) is 71.1 Å². The van der Waals surface area contributed by atoms with Crippen molar-refractivity contribution in [3.63, 3.8) is 0 Å². The fourth-order valence-corrected chi connectivity index (χ4v) is 5.45. The van der Waals surface area contributed by atoms with E-state index in [0.29, 0.717) is 18.2 Å². The van der Waals surface area contributed by atoms with E-state index >= 15 is 0 Å². The number of likely N-dealkylation sites (N-methyl/N-ethyl adjacent to an activating group) is 1. The van der Waals surface area contributed by atoms with Crippen molar-refractivity contribution < 1.29 is 9.53 Å². The molecule has 0 fully saturated rings. The smallest absolute Gasteiger partial charge is 0.284 e. The van der Waals surface area contributed by atoms with E-state index in [1.165, 1.54) is 16.2 Å². The number of ether oxygens (including phenoxy) is 1. The first-order chi connectivity index (χ1) is 17.1. The minimum atomic E-state index is -0.163. The highest BCUT2D eigenvalue weighted by Crippen LogP contribution is 2.39. The molecule has 4 aromatic rings. The van der Waals surface area contributed by atoms with Crippen LogP contribution in [0.1, 0.15) is 31.5 Å². The molecule has 2 aliphatic rings. The van der Waals surface area contributed by atoms with E-state index in [1.807, 2.05) is 36.7 Å². The first-order valence-corrected chi connectivity index (χ1v) is 12.4. The second-order valence-electron chi connectivity index (χ2n) is 8.80. The third-order valence-electron chi connectivity index (χ3n) is 6.29. The molecule has 0 unspecified atom stereocenters. The lowest BCUT2D eigenvalue weighted by atomic mass is 10.1. The Kier molecular flexibility index (Phi) is 5.67. The molecule has 35 heavy (non-hydrogen) atoms. The van der Waals surface area contributed by atoms with E-state index < -0.39 is 0 Å². The van der Waals surface area contributed by atoms with Crippen molar-refractivity contribution in [2.75, 3.05) is 30.8 Å². The van der Waals surface area contributed by atoms with Gasteiger partial charge in [0.15, 0.2) is 5.01 Å². The maximum atomic E-state index is 12.8. The molecule has 10 heteroatoms. The first kappa shape index (κ1) is 21.8. The lowest BCUT2D eigenvalue weighted by Gasteiger charge is -2.20. The molecule has 3 N–H and O–H groups in total. The summed E-state index contributed by atoms with van der Waals surface area (Å²) in [7, 11) is 2.08. The largest absolute Gasteiger partial charge is 0.492 e. The molecule has 3 aromatic heterocycles. The number of carbonyl (C=O) groups is 1. The minimum absolute atomic E-state index is 0.163. The molecule has 0 saturated heterocycles. The van der Waals surface area contributed by atoms with Gasteiger partial charge in [-0.15, -0.1) is 11.3 Å². The highest BCUT2D eigenvalue weighted by molar-refractivity contribution is 7.13. The molecule has 1 amide bonds. The maximum Gasteiger partial charge on any atom is 0.284 e. The zero-order valence-electron chi connectivity index (χ0n) is 19.3. The van der Waals surface area contributed by atoms with E-state index in [4.69, 9.17) is 4.74 Å². The number of carbonyl (C=O) groups excluding carboxylic acids is 1. The number of H-pyrrole nitrogens is 1. The van der Waals surface area contributed by atoms with Gasteiger partial charge in [0.25, 0.3) is 5.91 Å². The standard InChI is InChI=1S/C25H25N7O2S/c1-32-7-5-21-20(14-32)31-25(35-21)24(33)30-17-4-2-3-15(9-17)10-26-23-18-6-8-34-22(18)19(13-27-23)16-11-28-29-12-16/h2-4,9,11-13H,5-8,10,14H2,1H3,(H,26,27)(H,28,29)(H,30,33). The molecule has 0 radical (unpaired) electrons. The predicted molar refractivity (Wildman–Crippen MR) is 135 cm³/mol. The number of benzene rings is 1. The Balaban J connectivity index is 1.14. The van der Waals surface area contributed by atoms with Crippen LogP contribution in [0.2, 0.25) is 0 Å². The number of hydrogen-bond acceptors (Lipinski definition) is 8. The number of fused-ring (bicyclic) bond motifs is 2. The summed E-state index contributed by atoms with van der Waals surface area (Å²) in [6, 6.07) is 7.84. The topological polar surface area (TPSA) is 108 Å². The van der Waals surface area contributed by atoms with Gasteiger partial charge in [-0.2, -0.15) is 5.10 Å². The summed E-state index contributed by atoms with van der Waals surface area (Å²) in [5, 5.41) is 13.8. The monoisotopic (exact) mass is 487 g/mol. The Morgan fingerprint density at radius 1 is 1.29 bits per heavy atom. The molecule has 9 nitrogen and oxygen atoms in total. The highest BCUT2D eigenvalue weighted by Gasteiger charge is 2.23. The van der Waals surface area contributed by atoms with Crippen LogP contribution in [0.25, 0.3) is 11.1 Å². The van der Waals surface area contributed by atoms with Crippen molar-refractivity contribution in [1.29, 1.82) is 0 Å². The predicted octanol–water partition coefficient (Wildman–Crippen LogP) is 3.72. The van der Waals surface area contributed by atoms with Crippen molar-refractivity contribution in [3.8, 4) is 16.9 Å². The Bertz CT molecular complexity index is 1380. The third-order valence-corrected chi connectivity index (χ3v) is 7.45. The van der Waals surface area contributed by atoms with E-state index in [-0.39, 0.29) is 5.91 Å². The maximum absolute atomic E-state index is 12.8. The van der Waals surface area contributed by atoms with Crippen LogP contribution in [0, 0.1) is 0 Å². The summed E-state index contributed by atoms with van der Waals surface area (Å²) in [6.07, 6.45) is 7.18. The summed E-state index contributed by atoms with van der Waals surface area (Å²) in [4.78, 5) is 25.5. The van der Waals surface area contributed by atoms with Crippen LogP contribution in [-0.4, -0.2) is 51.2 Å².